The summed E-state index contributed by atoms with van der Waals surface area (Å²) < 4.78 is 32.1. The average molecular weight is 535 g/mol. The van der Waals surface area contributed by atoms with E-state index in [1.165, 1.54) is 30.5 Å². The molecular formula is C30H32F2N4O3. The molecule has 5 rings (SSSR count). The van der Waals surface area contributed by atoms with Crippen LogP contribution in [0.4, 0.5) is 8.78 Å². The first-order valence-electron chi connectivity index (χ1n) is 13.4. The van der Waals surface area contributed by atoms with Gasteiger partial charge in [0.15, 0.2) is 0 Å². The highest BCUT2D eigenvalue weighted by Crippen LogP contribution is 2.21. The maximum absolute atomic E-state index is 13.1. The van der Waals surface area contributed by atoms with Gasteiger partial charge in [-0.25, -0.2) is 8.78 Å². The average Bonchev–Trinajstić information content (AvgIpc) is 2.96. The molecule has 2 fully saturated rings. The number of hydrogen-bond acceptors (Lipinski definition) is 5. The molecule has 0 bridgehead atoms. The van der Waals surface area contributed by atoms with Gasteiger partial charge < -0.3 is 15.0 Å². The Morgan fingerprint density at radius 2 is 1.49 bits per heavy atom. The summed E-state index contributed by atoms with van der Waals surface area (Å²) in [5.74, 6) is -0.288. The SMILES string of the molecule is O=C(NC1CCN(Cc2ccc(F)cc2)CC1)c1ccc(C(=O)N2CCC(Oc3ccc(F)cc3)CC2)cn1. The van der Waals surface area contributed by atoms with Crippen LogP contribution in [0.15, 0.2) is 66.9 Å². The summed E-state index contributed by atoms with van der Waals surface area (Å²) in [6.45, 7) is 3.54. The Kier molecular flexibility index (Phi) is 8.46. The van der Waals surface area contributed by atoms with Crippen molar-refractivity contribution in [1.29, 1.82) is 0 Å². The van der Waals surface area contributed by atoms with Crippen LogP contribution in [0, 0.1) is 11.6 Å². The number of nitrogens with one attached hydrogen (secondary N) is 1. The van der Waals surface area contributed by atoms with E-state index < -0.39 is 0 Å². The van der Waals surface area contributed by atoms with E-state index in [-0.39, 0.29) is 41.3 Å². The lowest BCUT2D eigenvalue weighted by Crippen LogP contribution is -2.44. The molecular weight excluding hydrogens is 502 g/mol. The third kappa shape index (κ3) is 7.17. The van der Waals surface area contributed by atoms with Crippen molar-refractivity contribution in [2.75, 3.05) is 26.2 Å². The fraction of sp³-hybridized carbons (Fsp3) is 0.367. The number of carbonyl (C=O) groups is 2. The summed E-state index contributed by atoms with van der Waals surface area (Å²) in [4.78, 5) is 34.0. The number of pyridine rings is 1. The Labute approximate surface area is 226 Å². The van der Waals surface area contributed by atoms with Gasteiger partial charge in [-0.1, -0.05) is 12.1 Å². The van der Waals surface area contributed by atoms with E-state index >= 15 is 0 Å². The zero-order chi connectivity index (χ0) is 27.2. The number of benzene rings is 2. The van der Waals surface area contributed by atoms with Gasteiger partial charge in [0.05, 0.1) is 5.56 Å². The first kappa shape index (κ1) is 26.7. The molecule has 3 heterocycles. The molecule has 0 spiro atoms. The molecule has 39 heavy (non-hydrogen) atoms. The van der Waals surface area contributed by atoms with Gasteiger partial charge in [0.2, 0.25) is 0 Å². The van der Waals surface area contributed by atoms with E-state index in [4.69, 9.17) is 4.74 Å². The summed E-state index contributed by atoms with van der Waals surface area (Å²) in [5.41, 5.74) is 1.80. The number of halogens is 2. The van der Waals surface area contributed by atoms with Crippen LogP contribution in [0.1, 0.15) is 52.1 Å². The van der Waals surface area contributed by atoms with Crippen LogP contribution in [0.2, 0.25) is 0 Å². The van der Waals surface area contributed by atoms with E-state index in [2.05, 4.69) is 15.2 Å². The Morgan fingerprint density at radius 3 is 2.10 bits per heavy atom. The van der Waals surface area contributed by atoms with Gasteiger partial charge in [-0.15, -0.1) is 0 Å². The van der Waals surface area contributed by atoms with Crippen molar-refractivity contribution >= 4 is 11.8 Å². The van der Waals surface area contributed by atoms with E-state index in [1.807, 2.05) is 0 Å². The van der Waals surface area contributed by atoms with Gasteiger partial charge in [0, 0.05) is 57.8 Å². The number of aromatic nitrogens is 1. The molecule has 3 aromatic rings. The van der Waals surface area contributed by atoms with Gasteiger partial charge in [-0.2, -0.15) is 0 Å². The largest absolute Gasteiger partial charge is 0.490 e. The van der Waals surface area contributed by atoms with Gasteiger partial charge in [0.25, 0.3) is 11.8 Å². The summed E-state index contributed by atoms with van der Waals surface area (Å²) in [5, 5.41) is 3.06. The van der Waals surface area contributed by atoms with Crippen LogP contribution in [0.25, 0.3) is 0 Å². The number of ether oxygens (including phenoxy) is 1. The van der Waals surface area contributed by atoms with Crippen LogP contribution >= 0.6 is 0 Å². The highest BCUT2D eigenvalue weighted by Gasteiger charge is 2.26. The van der Waals surface area contributed by atoms with Gasteiger partial charge in [-0.05, 0) is 66.9 Å². The predicted molar refractivity (Wildman–Crippen MR) is 142 cm³/mol. The molecule has 2 aromatic carbocycles. The van der Waals surface area contributed by atoms with Crippen molar-refractivity contribution in [3.05, 3.63) is 95.3 Å². The third-order valence-electron chi connectivity index (χ3n) is 7.33. The standard InChI is InChI=1S/C30H32F2N4O3/c31-23-4-1-21(2-5-23)20-35-15-11-25(12-16-35)34-29(37)28-10-3-22(19-33-28)30(38)36-17-13-27(14-18-36)39-26-8-6-24(32)7-9-26/h1-10,19,25,27H,11-18,20H2,(H,34,37). The molecule has 2 aliphatic rings. The summed E-state index contributed by atoms with van der Waals surface area (Å²) in [7, 11) is 0. The Morgan fingerprint density at radius 1 is 0.846 bits per heavy atom. The zero-order valence-corrected chi connectivity index (χ0v) is 21.7. The minimum atomic E-state index is -0.305. The number of hydrogen-bond donors (Lipinski definition) is 1. The van der Waals surface area contributed by atoms with E-state index in [0.717, 1.165) is 38.0 Å². The summed E-state index contributed by atoms with van der Waals surface area (Å²) >= 11 is 0. The van der Waals surface area contributed by atoms with Gasteiger partial charge >= 0.3 is 0 Å². The molecule has 7 nitrogen and oxygen atoms in total. The maximum Gasteiger partial charge on any atom is 0.270 e. The molecule has 204 valence electrons. The highest BCUT2D eigenvalue weighted by atomic mass is 19.1. The second-order valence-electron chi connectivity index (χ2n) is 10.1. The quantitative estimate of drug-likeness (QED) is 0.485. The molecule has 1 N–H and O–H groups in total. The first-order chi connectivity index (χ1) is 18.9. The molecule has 2 amide bonds. The minimum Gasteiger partial charge on any atom is -0.490 e. The summed E-state index contributed by atoms with van der Waals surface area (Å²) in [6, 6.07) is 15.8. The zero-order valence-electron chi connectivity index (χ0n) is 21.7. The fourth-order valence-corrected chi connectivity index (χ4v) is 5.06. The number of nitrogens with zero attached hydrogens (tertiary/aromatic N) is 3. The number of carbonyl (C=O) groups excluding carboxylic acids is 2. The predicted octanol–water partition coefficient (Wildman–Crippen LogP) is 4.44. The molecule has 0 unspecified atom stereocenters. The number of amides is 2. The molecule has 0 saturated carbocycles. The molecule has 0 atom stereocenters. The van der Waals surface area contributed by atoms with E-state index in [0.29, 0.717) is 37.2 Å². The number of rotatable bonds is 7. The Bertz CT molecular complexity index is 1250. The van der Waals surface area contributed by atoms with E-state index in [1.54, 1.807) is 41.3 Å². The van der Waals surface area contributed by atoms with Crippen molar-refractivity contribution < 1.29 is 23.1 Å². The second-order valence-corrected chi connectivity index (χ2v) is 10.1. The van der Waals surface area contributed by atoms with E-state index in [9.17, 15) is 18.4 Å². The normalized spacial score (nSPS) is 17.1. The summed E-state index contributed by atoms with van der Waals surface area (Å²) in [6.07, 6.45) is 4.44. The minimum absolute atomic E-state index is 0.0292. The molecule has 9 heteroatoms. The monoisotopic (exact) mass is 534 g/mol. The molecule has 1 aromatic heterocycles. The van der Waals surface area contributed by atoms with Crippen LogP contribution < -0.4 is 10.1 Å². The lowest BCUT2D eigenvalue weighted by molar-refractivity contribution is 0.0594. The number of piperidine rings is 2. The Balaban J connectivity index is 1.05. The van der Waals surface area contributed by atoms with Crippen molar-refractivity contribution in [2.45, 2.75) is 44.4 Å². The lowest BCUT2D eigenvalue weighted by Gasteiger charge is -2.32. The van der Waals surface area contributed by atoms with Crippen LogP contribution in [-0.4, -0.2) is 64.9 Å². The van der Waals surface area contributed by atoms with Crippen molar-refractivity contribution in [2.24, 2.45) is 0 Å². The van der Waals surface area contributed by atoms with Crippen molar-refractivity contribution in [1.82, 2.24) is 20.1 Å². The molecule has 0 aliphatic carbocycles. The van der Waals surface area contributed by atoms with Gasteiger partial charge in [-0.3, -0.25) is 19.5 Å². The topological polar surface area (TPSA) is 74.8 Å². The molecule has 2 saturated heterocycles. The third-order valence-corrected chi connectivity index (χ3v) is 7.33. The number of likely N-dealkylation sites (tertiary alicyclic amines) is 2. The van der Waals surface area contributed by atoms with Crippen molar-refractivity contribution in [3.63, 3.8) is 0 Å². The molecule has 0 radical (unpaired) electrons. The fourth-order valence-electron chi connectivity index (χ4n) is 5.06. The smallest absolute Gasteiger partial charge is 0.270 e. The maximum atomic E-state index is 13.1. The lowest BCUT2D eigenvalue weighted by atomic mass is 10.0. The van der Waals surface area contributed by atoms with Crippen molar-refractivity contribution in [3.8, 4) is 5.75 Å². The second kappa shape index (κ2) is 12.3. The van der Waals surface area contributed by atoms with Crippen LogP contribution in [0.3, 0.4) is 0 Å². The highest BCUT2D eigenvalue weighted by molar-refractivity contribution is 5.96. The van der Waals surface area contributed by atoms with Gasteiger partial charge in [0.1, 0.15) is 29.2 Å². The molecule has 2 aliphatic heterocycles. The first-order valence-corrected chi connectivity index (χ1v) is 13.4. The van der Waals surface area contributed by atoms with Crippen LogP contribution in [0.5, 0.6) is 5.75 Å². The Hall–Kier alpha value is -3.85. The van der Waals surface area contributed by atoms with Crippen LogP contribution in [-0.2, 0) is 6.54 Å².